The van der Waals surface area contributed by atoms with E-state index in [-0.39, 0.29) is 27.0 Å². The molecule has 0 radical (unpaired) electrons. The van der Waals surface area contributed by atoms with Crippen LogP contribution in [0.25, 0.3) is 0 Å². The minimum absolute atomic E-state index is 0.0409. The van der Waals surface area contributed by atoms with Gasteiger partial charge in [0.1, 0.15) is 11.3 Å². The van der Waals surface area contributed by atoms with Crippen LogP contribution in [0.3, 0.4) is 0 Å². The van der Waals surface area contributed by atoms with Crippen LogP contribution in [0.15, 0.2) is 0 Å². The van der Waals surface area contributed by atoms with Crippen LogP contribution in [0.1, 0.15) is 48.2 Å². The molecule has 1 aromatic heterocycles. The van der Waals surface area contributed by atoms with E-state index < -0.39 is 5.97 Å². The Kier molecular flexibility index (Phi) is 4.93. The van der Waals surface area contributed by atoms with Gasteiger partial charge in [0.2, 0.25) is 0 Å². The summed E-state index contributed by atoms with van der Waals surface area (Å²) in [5.74, 6) is -0.529. The van der Waals surface area contributed by atoms with Crippen LogP contribution in [0.2, 0.25) is 15.2 Å². The summed E-state index contributed by atoms with van der Waals surface area (Å²) in [7, 11) is 0. The Balaban J connectivity index is 2.19. The van der Waals surface area contributed by atoms with E-state index in [1.165, 1.54) is 6.42 Å². The summed E-state index contributed by atoms with van der Waals surface area (Å²) in [6.45, 7) is 1.69. The van der Waals surface area contributed by atoms with Crippen molar-refractivity contribution in [2.24, 2.45) is 0 Å². The molecule has 1 aliphatic rings. The number of carbonyl (C=O) groups excluding carboxylic acids is 1. The predicted molar refractivity (Wildman–Crippen MR) is 76.3 cm³/mol. The third kappa shape index (κ3) is 3.33. The summed E-state index contributed by atoms with van der Waals surface area (Å²) in [5, 5.41) is 0.537. The van der Waals surface area contributed by atoms with Gasteiger partial charge in [-0.05, 0) is 38.2 Å². The summed E-state index contributed by atoms with van der Waals surface area (Å²) >= 11 is 17.9. The van der Waals surface area contributed by atoms with Crippen molar-refractivity contribution >= 4 is 40.8 Å². The second kappa shape index (κ2) is 6.29. The fourth-order valence-electron chi connectivity index (χ4n) is 2.15. The molecule has 1 aromatic rings. The number of rotatable bonds is 2. The number of nitrogens with zero attached hydrogens (tertiary/aromatic N) is 1. The van der Waals surface area contributed by atoms with Crippen molar-refractivity contribution in [1.82, 2.24) is 4.98 Å². The molecular formula is C13H14Cl3NO2. The summed E-state index contributed by atoms with van der Waals surface area (Å²) in [6.07, 6.45) is 5.10. The van der Waals surface area contributed by atoms with Gasteiger partial charge in [-0.2, -0.15) is 0 Å². The van der Waals surface area contributed by atoms with E-state index in [2.05, 4.69) is 4.98 Å². The van der Waals surface area contributed by atoms with Gasteiger partial charge in [-0.25, -0.2) is 9.78 Å². The molecule has 19 heavy (non-hydrogen) atoms. The number of pyridine rings is 1. The summed E-state index contributed by atoms with van der Waals surface area (Å²) < 4.78 is 5.42. The van der Waals surface area contributed by atoms with Crippen LogP contribution in [0, 0.1) is 6.92 Å². The van der Waals surface area contributed by atoms with Crippen molar-refractivity contribution in [1.29, 1.82) is 0 Å². The van der Waals surface area contributed by atoms with Gasteiger partial charge in [-0.3, -0.25) is 0 Å². The minimum Gasteiger partial charge on any atom is -0.458 e. The Hall–Kier alpha value is -0.510. The Bertz CT molecular complexity index is 499. The highest BCUT2D eigenvalue weighted by Crippen LogP contribution is 2.32. The topological polar surface area (TPSA) is 39.2 Å². The average molecular weight is 323 g/mol. The van der Waals surface area contributed by atoms with Crippen LogP contribution < -0.4 is 0 Å². The Labute approximate surface area is 127 Å². The molecule has 0 saturated heterocycles. The molecule has 0 spiro atoms. The average Bonchev–Trinajstić information content (AvgIpc) is 2.41. The van der Waals surface area contributed by atoms with E-state index in [1.807, 2.05) is 0 Å². The van der Waals surface area contributed by atoms with Crippen LogP contribution in [-0.2, 0) is 4.74 Å². The molecule has 6 heteroatoms. The van der Waals surface area contributed by atoms with E-state index in [4.69, 9.17) is 39.5 Å². The van der Waals surface area contributed by atoms with Gasteiger partial charge in [0.25, 0.3) is 0 Å². The van der Waals surface area contributed by atoms with Crippen LogP contribution >= 0.6 is 34.8 Å². The molecule has 0 bridgehead atoms. The van der Waals surface area contributed by atoms with Gasteiger partial charge in [0, 0.05) is 0 Å². The molecule has 104 valence electrons. The molecule has 1 aliphatic carbocycles. The monoisotopic (exact) mass is 321 g/mol. The Morgan fingerprint density at radius 3 is 2.42 bits per heavy atom. The van der Waals surface area contributed by atoms with Crippen LogP contribution in [0.4, 0.5) is 0 Å². The fourth-order valence-corrected chi connectivity index (χ4v) is 2.78. The lowest BCUT2D eigenvalue weighted by molar-refractivity contribution is 0.0204. The van der Waals surface area contributed by atoms with Crippen LogP contribution in [0.5, 0.6) is 0 Å². The lowest BCUT2D eigenvalue weighted by Crippen LogP contribution is -2.22. The normalized spacial score (nSPS) is 16.4. The second-order valence-electron chi connectivity index (χ2n) is 4.67. The molecule has 1 saturated carbocycles. The maximum absolute atomic E-state index is 12.1. The molecule has 1 fully saturated rings. The number of esters is 1. The predicted octanol–water partition coefficient (Wildman–Crippen LogP) is 4.84. The zero-order chi connectivity index (χ0) is 14.0. The number of ether oxygens (including phenoxy) is 1. The number of aromatic nitrogens is 1. The minimum atomic E-state index is -0.529. The highest BCUT2D eigenvalue weighted by atomic mass is 35.5. The largest absolute Gasteiger partial charge is 0.458 e. The maximum Gasteiger partial charge on any atom is 0.358 e. The highest BCUT2D eigenvalue weighted by Gasteiger charge is 2.24. The molecule has 3 nitrogen and oxygen atoms in total. The van der Waals surface area contributed by atoms with E-state index in [1.54, 1.807) is 6.92 Å². The maximum atomic E-state index is 12.1. The standard InChI is InChI=1S/C13H14Cl3NO2/c1-7-9(14)11(17-12(16)10(7)15)13(18)19-8-5-3-2-4-6-8/h8H,2-6H2,1H3. The van der Waals surface area contributed by atoms with E-state index in [0.29, 0.717) is 5.56 Å². The lowest BCUT2D eigenvalue weighted by Gasteiger charge is -2.22. The SMILES string of the molecule is Cc1c(Cl)c(Cl)nc(C(=O)OC2CCCCC2)c1Cl. The molecule has 1 heterocycles. The zero-order valence-electron chi connectivity index (χ0n) is 10.5. The zero-order valence-corrected chi connectivity index (χ0v) is 12.8. The Morgan fingerprint density at radius 1 is 1.16 bits per heavy atom. The van der Waals surface area contributed by atoms with Crippen molar-refractivity contribution < 1.29 is 9.53 Å². The highest BCUT2D eigenvalue weighted by molar-refractivity contribution is 6.43. The quantitative estimate of drug-likeness (QED) is 0.577. The van der Waals surface area contributed by atoms with Gasteiger partial charge < -0.3 is 4.74 Å². The number of carbonyl (C=O) groups is 1. The first kappa shape index (κ1) is 14.9. The number of halogens is 3. The van der Waals surface area contributed by atoms with Gasteiger partial charge in [-0.1, -0.05) is 41.2 Å². The third-order valence-electron chi connectivity index (χ3n) is 3.28. The van der Waals surface area contributed by atoms with Gasteiger partial charge in [-0.15, -0.1) is 0 Å². The van der Waals surface area contributed by atoms with E-state index in [0.717, 1.165) is 25.7 Å². The molecule has 0 aromatic carbocycles. The van der Waals surface area contributed by atoms with Gasteiger partial charge in [0.15, 0.2) is 5.69 Å². The van der Waals surface area contributed by atoms with Crippen molar-refractivity contribution in [2.45, 2.75) is 45.1 Å². The van der Waals surface area contributed by atoms with Gasteiger partial charge in [0.05, 0.1) is 10.0 Å². The molecule has 0 atom stereocenters. The fraction of sp³-hybridized carbons (Fsp3) is 0.538. The van der Waals surface area contributed by atoms with Crippen molar-refractivity contribution in [3.63, 3.8) is 0 Å². The summed E-state index contributed by atoms with van der Waals surface area (Å²) in [6, 6.07) is 0. The molecule has 0 aliphatic heterocycles. The summed E-state index contributed by atoms with van der Waals surface area (Å²) in [4.78, 5) is 16.0. The van der Waals surface area contributed by atoms with E-state index >= 15 is 0 Å². The van der Waals surface area contributed by atoms with Crippen molar-refractivity contribution in [3.8, 4) is 0 Å². The molecule has 2 rings (SSSR count). The first-order valence-corrected chi connectivity index (χ1v) is 7.36. The number of hydrogen-bond donors (Lipinski definition) is 0. The van der Waals surface area contributed by atoms with Crippen molar-refractivity contribution in [3.05, 3.63) is 26.5 Å². The molecule has 0 unspecified atom stereocenters. The molecule has 0 amide bonds. The first-order valence-electron chi connectivity index (χ1n) is 6.22. The smallest absolute Gasteiger partial charge is 0.358 e. The molecular weight excluding hydrogens is 309 g/mol. The number of hydrogen-bond acceptors (Lipinski definition) is 3. The van der Waals surface area contributed by atoms with E-state index in [9.17, 15) is 4.79 Å². The Morgan fingerprint density at radius 2 is 1.79 bits per heavy atom. The second-order valence-corrected chi connectivity index (χ2v) is 5.78. The van der Waals surface area contributed by atoms with Crippen LogP contribution in [-0.4, -0.2) is 17.1 Å². The lowest BCUT2D eigenvalue weighted by atomic mass is 9.98. The summed E-state index contributed by atoms with van der Waals surface area (Å²) in [5.41, 5.74) is 0.582. The van der Waals surface area contributed by atoms with Crippen molar-refractivity contribution in [2.75, 3.05) is 0 Å². The molecule has 0 N–H and O–H groups in total. The first-order chi connectivity index (χ1) is 9.00. The third-order valence-corrected chi connectivity index (χ3v) is 4.57. The van der Waals surface area contributed by atoms with Gasteiger partial charge >= 0.3 is 5.97 Å².